The number of aromatic nitrogens is 2. The molecule has 3 rings (SSSR count). The Morgan fingerprint density at radius 1 is 1.29 bits per heavy atom. The molecule has 1 aromatic carbocycles. The van der Waals surface area contributed by atoms with Crippen molar-refractivity contribution in [2.45, 2.75) is 18.6 Å². The van der Waals surface area contributed by atoms with Gasteiger partial charge in [-0.1, -0.05) is 12.1 Å². The molecule has 0 bridgehead atoms. The Kier molecular flexibility index (Phi) is 4.39. The molecule has 6 nitrogen and oxygen atoms in total. The summed E-state index contributed by atoms with van der Waals surface area (Å²) in [4.78, 5) is 25.7. The highest BCUT2D eigenvalue weighted by molar-refractivity contribution is 5.92. The lowest BCUT2D eigenvalue weighted by molar-refractivity contribution is 0.0665. The lowest BCUT2D eigenvalue weighted by Gasteiger charge is -2.22. The van der Waals surface area contributed by atoms with Crippen LogP contribution < -0.4 is 5.56 Å². The minimum atomic E-state index is -1.22. The summed E-state index contributed by atoms with van der Waals surface area (Å²) < 4.78 is 28.2. The van der Waals surface area contributed by atoms with Crippen molar-refractivity contribution in [2.24, 2.45) is 0 Å². The number of hydrogen-bond acceptors (Lipinski definition) is 4. The quantitative estimate of drug-likeness (QED) is 0.905. The maximum atomic E-state index is 13.9. The Labute approximate surface area is 135 Å². The highest BCUT2D eigenvalue weighted by Crippen LogP contribution is 2.22. The molecule has 24 heavy (non-hydrogen) atoms. The third kappa shape index (κ3) is 2.92. The number of halogens is 2. The second-order valence-corrected chi connectivity index (χ2v) is 5.55. The molecule has 1 N–H and O–H groups in total. The zero-order valence-corrected chi connectivity index (χ0v) is 12.6. The average molecular weight is 335 g/mol. The number of aliphatic hydroxyl groups is 1. The normalized spacial score (nSPS) is 20.4. The number of para-hydroxylation sites is 1. The molecule has 2 aromatic rings. The smallest absolute Gasteiger partial charge is 0.274 e. The van der Waals surface area contributed by atoms with Crippen LogP contribution in [0.25, 0.3) is 5.69 Å². The zero-order chi connectivity index (χ0) is 17.3. The Morgan fingerprint density at radius 2 is 2.04 bits per heavy atom. The first-order valence-corrected chi connectivity index (χ1v) is 7.42. The number of alkyl halides is 1. The minimum absolute atomic E-state index is 0.0508. The van der Waals surface area contributed by atoms with Gasteiger partial charge < -0.3 is 10.0 Å². The number of carbonyl (C=O) groups is 1. The third-order valence-corrected chi connectivity index (χ3v) is 3.94. The van der Waals surface area contributed by atoms with E-state index in [1.807, 2.05) is 0 Å². The van der Waals surface area contributed by atoms with Crippen LogP contribution in [0.4, 0.5) is 8.78 Å². The topological polar surface area (TPSA) is 75.4 Å². The maximum absolute atomic E-state index is 13.9. The first-order valence-electron chi connectivity index (χ1n) is 7.42. The average Bonchev–Trinajstić information content (AvgIpc) is 2.96. The lowest BCUT2D eigenvalue weighted by atomic mass is 10.2. The molecule has 1 amide bonds. The second-order valence-electron chi connectivity index (χ2n) is 5.55. The van der Waals surface area contributed by atoms with Crippen LogP contribution in [0.2, 0.25) is 0 Å². The molecule has 0 aliphatic carbocycles. The number of nitrogens with zero attached hydrogens (tertiary/aromatic N) is 3. The van der Waals surface area contributed by atoms with Crippen LogP contribution in [0.5, 0.6) is 0 Å². The first-order chi connectivity index (χ1) is 11.5. The van der Waals surface area contributed by atoms with E-state index in [0.29, 0.717) is 0 Å². The number of carbonyl (C=O) groups excluding carboxylic acids is 1. The van der Waals surface area contributed by atoms with Gasteiger partial charge in [-0.05, 0) is 18.2 Å². The number of aliphatic hydroxyl groups excluding tert-OH is 1. The molecular formula is C16H15F2N3O3. The number of likely N-dealkylation sites (tertiary alicyclic amines) is 1. The van der Waals surface area contributed by atoms with E-state index in [-0.39, 0.29) is 31.0 Å². The van der Waals surface area contributed by atoms with Crippen molar-refractivity contribution >= 4 is 5.91 Å². The monoisotopic (exact) mass is 335 g/mol. The van der Waals surface area contributed by atoms with E-state index in [0.717, 1.165) is 10.7 Å². The SMILES string of the molecule is O=C(c1ccc(=O)n(-c2ccccc2F)n1)N1C[C@@H](F)C[C@H]1CO. The molecular weight excluding hydrogens is 320 g/mol. The summed E-state index contributed by atoms with van der Waals surface area (Å²) in [6.07, 6.45) is -1.17. The molecule has 1 fully saturated rings. The van der Waals surface area contributed by atoms with Gasteiger partial charge in [0.1, 0.15) is 23.4 Å². The van der Waals surface area contributed by atoms with Crippen molar-refractivity contribution in [1.82, 2.24) is 14.7 Å². The Bertz CT molecular complexity index is 824. The lowest BCUT2D eigenvalue weighted by Crippen LogP contribution is -2.39. The summed E-state index contributed by atoms with van der Waals surface area (Å²) in [6.45, 7) is -0.510. The van der Waals surface area contributed by atoms with Crippen molar-refractivity contribution in [1.29, 1.82) is 0 Å². The van der Waals surface area contributed by atoms with Crippen molar-refractivity contribution in [3.05, 3.63) is 58.3 Å². The number of hydrogen-bond donors (Lipinski definition) is 1. The molecule has 0 radical (unpaired) electrons. The largest absolute Gasteiger partial charge is 0.394 e. The van der Waals surface area contributed by atoms with Gasteiger partial charge >= 0.3 is 0 Å². The standard InChI is InChI=1S/C16H15F2N3O3/c17-10-7-11(9-22)20(8-10)16(24)13-5-6-15(23)21(19-13)14-4-2-1-3-12(14)18/h1-6,10-11,22H,7-9H2/t10-,11-/m0/s1. The van der Waals surface area contributed by atoms with E-state index in [2.05, 4.69) is 5.10 Å². The summed E-state index contributed by atoms with van der Waals surface area (Å²) in [5, 5.41) is 13.2. The summed E-state index contributed by atoms with van der Waals surface area (Å²) in [6, 6.07) is 7.22. The number of rotatable bonds is 3. The molecule has 126 valence electrons. The number of benzene rings is 1. The van der Waals surface area contributed by atoms with E-state index in [1.165, 1.54) is 35.2 Å². The highest BCUT2D eigenvalue weighted by Gasteiger charge is 2.36. The molecule has 2 heterocycles. The number of amides is 1. The van der Waals surface area contributed by atoms with Gasteiger partial charge in [-0.15, -0.1) is 0 Å². The molecule has 8 heteroatoms. The first kappa shape index (κ1) is 16.3. The van der Waals surface area contributed by atoms with Gasteiger partial charge in [-0.2, -0.15) is 9.78 Å². The van der Waals surface area contributed by atoms with Gasteiger partial charge in [0.15, 0.2) is 0 Å². The van der Waals surface area contributed by atoms with Crippen LogP contribution in [-0.4, -0.2) is 51.1 Å². The summed E-state index contributed by atoms with van der Waals surface area (Å²) in [7, 11) is 0. The Morgan fingerprint density at radius 3 is 2.75 bits per heavy atom. The summed E-state index contributed by atoms with van der Waals surface area (Å²) in [5.41, 5.74) is -0.800. The molecule has 0 unspecified atom stereocenters. The van der Waals surface area contributed by atoms with E-state index in [4.69, 9.17) is 0 Å². The maximum Gasteiger partial charge on any atom is 0.274 e. The summed E-state index contributed by atoms with van der Waals surface area (Å²) >= 11 is 0. The second kappa shape index (κ2) is 6.48. The van der Waals surface area contributed by atoms with Gasteiger partial charge in [-0.25, -0.2) is 8.78 Å². The molecule has 1 saturated heterocycles. The van der Waals surface area contributed by atoms with E-state index in [9.17, 15) is 23.5 Å². The van der Waals surface area contributed by atoms with Gasteiger partial charge in [0.05, 0.1) is 19.2 Å². The summed E-state index contributed by atoms with van der Waals surface area (Å²) in [5.74, 6) is -1.27. The van der Waals surface area contributed by atoms with Gasteiger partial charge in [-0.3, -0.25) is 9.59 Å². The molecule has 1 aliphatic rings. The van der Waals surface area contributed by atoms with Crippen LogP contribution in [0, 0.1) is 5.82 Å². The Hall–Kier alpha value is -2.61. The highest BCUT2D eigenvalue weighted by atomic mass is 19.1. The predicted octanol–water partition coefficient (Wildman–Crippen LogP) is 0.916. The fraction of sp³-hybridized carbons (Fsp3) is 0.312. The van der Waals surface area contributed by atoms with Crippen molar-refractivity contribution in [2.75, 3.05) is 13.2 Å². The van der Waals surface area contributed by atoms with Crippen LogP contribution >= 0.6 is 0 Å². The fourth-order valence-corrected chi connectivity index (χ4v) is 2.75. The van der Waals surface area contributed by atoms with Gasteiger partial charge in [0.2, 0.25) is 0 Å². The Balaban J connectivity index is 1.99. The molecule has 2 atom stereocenters. The van der Waals surface area contributed by atoms with Crippen LogP contribution in [0.1, 0.15) is 16.9 Å². The van der Waals surface area contributed by atoms with Crippen molar-refractivity contribution in [3.8, 4) is 5.69 Å². The van der Waals surface area contributed by atoms with Crippen LogP contribution in [-0.2, 0) is 0 Å². The molecule has 1 aliphatic heterocycles. The van der Waals surface area contributed by atoms with E-state index in [1.54, 1.807) is 0 Å². The van der Waals surface area contributed by atoms with Crippen LogP contribution in [0.3, 0.4) is 0 Å². The van der Waals surface area contributed by atoms with Crippen molar-refractivity contribution < 1.29 is 18.7 Å². The van der Waals surface area contributed by atoms with Gasteiger partial charge in [0, 0.05) is 12.5 Å². The third-order valence-electron chi connectivity index (χ3n) is 3.94. The predicted molar refractivity (Wildman–Crippen MR) is 81.2 cm³/mol. The minimum Gasteiger partial charge on any atom is -0.394 e. The molecule has 1 aromatic heterocycles. The fourth-order valence-electron chi connectivity index (χ4n) is 2.75. The molecule has 0 spiro atoms. The van der Waals surface area contributed by atoms with E-state index < -0.39 is 29.5 Å². The van der Waals surface area contributed by atoms with E-state index >= 15 is 0 Å². The van der Waals surface area contributed by atoms with Gasteiger partial charge in [0.25, 0.3) is 11.5 Å². The van der Waals surface area contributed by atoms with Crippen LogP contribution in [0.15, 0.2) is 41.2 Å². The molecule has 0 saturated carbocycles. The zero-order valence-electron chi connectivity index (χ0n) is 12.6. The van der Waals surface area contributed by atoms with Crippen molar-refractivity contribution in [3.63, 3.8) is 0 Å².